The molecule has 1 aliphatic carbocycles. The first-order valence-corrected chi connectivity index (χ1v) is 20.2. The van der Waals surface area contributed by atoms with Crippen LogP contribution in [0.2, 0.25) is 0 Å². The van der Waals surface area contributed by atoms with Crippen LogP contribution in [0.1, 0.15) is 25.0 Å². The molecule has 2 heterocycles. The normalized spacial score (nSPS) is 13.0. The molecule has 8 aromatic carbocycles. The zero-order chi connectivity index (χ0) is 37.4. The monoisotopic (exact) mass is 734 g/mol. The fraction of sp³-hybridized carbons (Fsp3) is 0.0566. The third-order valence-corrected chi connectivity index (χ3v) is 13.0. The Morgan fingerprint density at radius 1 is 0.429 bits per heavy atom. The topological polar surface area (TPSA) is 7.65 Å². The van der Waals surface area contributed by atoms with Crippen LogP contribution in [0.5, 0.6) is 0 Å². The maximum atomic E-state index is 2.47. The summed E-state index contributed by atoms with van der Waals surface area (Å²) in [5.74, 6) is 0. The maximum Gasteiger partial charge on any atom is 0.109 e. The summed E-state index contributed by atoms with van der Waals surface area (Å²) in [6.45, 7) is 4.71. The molecule has 266 valence electrons. The minimum Gasteiger partial charge on any atom is -0.310 e. The van der Waals surface area contributed by atoms with Crippen LogP contribution in [-0.4, -0.2) is 4.40 Å². The Hall–Kier alpha value is -6.68. The van der Waals surface area contributed by atoms with Crippen LogP contribution in [0.3, 0.4) is 0 Å². The van der Waals surface area contributed by atoms with Crippen molar-refractivity contribution in [3.63, 3.8) is 0 Å². The Labute approximate surface area is 331 Å². The number of para-hydroxylation sites is 1. The molecule has 0 atom stereocenters. The van der Waals surface area contributed by atoms with Gasteiger partial charge in [-0.2, -0.15) is 0 Å². The van der Waals surface area contributed by atoms with Gasteiger partial charge in [0.1, 0.15) is 4.83 Å². The summed E-state index contributed by atoms with van der Waals surface area (Å²) in [5.41, 5.74) is 18.6. The number of nitrogens with zero attached hydrogens (tertiary/aromatic N) is 2. The Morgan fingerprint density at radius 2 is 0.982 bits per heavy atom. The third-order valence-electron chi connectivity index (χ3n) is 11.8. The zero-order valence-corrected chi connectivity index (χ0v) is 32.1. The molecule has 3 heteroatoms. The standard InChI is InChI=1S/C53H38N2S/c1-53(2)46-19-11-9-17-43(46)44-31-30-42(34-47(44)53)54(40-26-21-37(22-27-40)35-13-5-3-6-14-35)41-28-23-38(24-29-41)51-45-18-10-12-20-48(45)55-49-33-39(36-15-7-4-8-16-36)25-32-50(49)56-52(51)55/h3-34H,1-2H3. The molecule has 0 fully saturated rings. The van der Waals surface area contributed by atoms with Crippen molar-refractivity contribution in [2.24, 2.45) is 0 Å². The molecule has 1 aliphatic rings. The number of hydrogen-bond donors (Lipinski definition) is 0. The zero-order valence-electron chi connectivity index (χ0n) is 31.3. The molecule has 0 radical (unpaired) electrons. The first kappa shape index (κ1) is 32.7. The maximum absolute atomic E-state index is 2.47. The predicted octanol–water partition coefficient (Wildman–Crippen LogP) is 15.1. The van der Waals surface area contributed by atoms with Crippen molar-refractivity contribution in [3.8, 4) is 44.5 Å². The van der Waals surface area contributed by atoms with Crippen LogP contribution in [0.15, 0.2) is 194 Å². The molecule has 0 aliphatic heterocycles. The van der Waals surface area contributed by atoms with E-state index in [1.165, 1.54) is 81.6 Å². The highest BCUT2D eigenvalue weighted by molar-refractivity contribution is 7.24. The molecule has 0 saturated heterocycles. The van der Waals surface area contributed by atoms with Crippen LogP contribution in [0.4, 0.5) is 17.1 Å². The van der Waals surface area contributed by atoms with Gasteiger partial charge in [0.25, 0.3) is 0 Å². The molecule has 0 saturated carbocycles. The minimum absolute atomic E-state index is 0.0946. The van der Waals surface area contributed by atoms with E-state index in [9.17, 15) is 0 Å². The van der Waals surface area contributed by atoms with Crippen LogP contribution >= 0.6 is 11.3 Å². The molecular formula is C53H38N2S. The summed E-state index contributed by atoms with van der Waals surface area (Å²) < 4.78 is 3.76. The van der Waals surface area contributed by atoms with Crippen molar-refractivity contribution in [2.45, 2.75) is 19.3 Å². The van der Waals surface area contributed by atoms with E-state index in [0.29, 0.717) is 0 Å². The Balaban J connectivity index is 1.05. The van der Waals surface area contributed by atoms with Crippen molar-refractivity contribution in [1.82, 2.24) is 4.40 Å². The number of hydrogen-bond acceptors (Lipinski definition) is 2. The summed E-state index contributed by atoms with van der Waals surface area (Å²) in [6.07, 6.45) is 0. The van der Waals surface area contributed by atoms with Gasteiger partial charge in [0.05, 0.1) is 15.7 Å². The number of anilines is 3. The molecule has 2 aromatic heterocycles. The van der Waals surface area contributed by atoms with Gasteiger partial charge in [-0.1, -0.05) is 153 Å². The average Bonchev–Trinajstić information content (AvgIpc) is 3.86. The minimum atomic E-state index is -0.0946. The van der Waals surface area contributed by atoms with Crippen LogP contribution in [-0.2, 0) is 5.41 Å². The second-order valence-electron chi connectivity index (χ2n) is 15.4. The largest absolute Gasteiger partial charge is 0.310 e. The number of fused-ring (bicyclic) bond motifs is 8. The molecule has 10 aromatic rings. The Kier molecular flexibility index (Phi) is 7.42. The summed E-state index contributed by atoms with van der Waals surface area (Å²) in [6, 6.07) is 71.2. The third kappa shape index (κ3) is 5.08. The number of aromatic nitrogens is 1. The van der Waals surface area contributed by atoms with Gasteiger partial charge in [0.2, 0.25) is 0 Å². The second kappa shape index (κ2) is 12.7. The van der Waals surface area contributed by atoms with Gasteiger partial charge >= 0.3 is 0 Å². The van der Waals surface area contributed by atoms with E-state index in [0.717, 1.165) is 17.1 Å². The van der Waals surface area contributed by atoms with Crippen LogP contribution in [0.25, 0.3) is 70.5 Å². The molecule has 0 bridgehead atoms. The van der Waals surface area contributed by atoms with Crippen LogP contribution < -0.4 is 4.90 Å². The molecular weight excluding hydrogens is 697 g/mol. The lowest BCUT2D eigenvalue weighted by molar-refractivity contribution is 0.660. The molecule has 56 heavy (non-hydrogen) atoms. The lowest BCUT2D eigenvalue weighted by Crippen LogP contribution is -2.16. The van der Waals surface area contributed by atoms with Gasteiger partial charge in [-0.05, 0) is 105 Å². The van der Waals surface area contributed by atoms with Crippen molar-refractivity contribution in [1.29, 1.82) is 0 Å². The van der Waals surface area contributed by atoms with Gasteiger partial charge in [-0.25, -0.2) is 0 Å². The summed E-state index contributed by atoms with van der Waals surface area (Å²) in [5, 5.41) is 1.27. The quantitative estimate of drug-likeness (QED) is 0.165. The smallest absolute Gasteiger partial charge is 0.109 e. The van der Waals surface area contributed by atoms with Crippen molar-refractivity contribution in [3.05, 3.63) is 205 Å². The lowest BCUT2D eigenvalue weighted by Gasteiger charge is -2.28. The molecule has 0 unspecified atom stereocenters. The SMILES string of the molecule is CC1(C)c2ccccc2-c2ccc(N(c3ccc(-c4ccccc4)cc3)c3ccc(-c4c5ccccc5n5c4sc4ccc(-c6ccccc6)cc45)cc3)cc21. The fourth-order valence-corrected chi connectivity index (χ4v) is 10.2. The molecule has 11 rings (SSSR count). The van der Waals surface area contributed by atoms with Crippen LogP contribution in [0, 0.1) is 0 Å². The first-order valence-electron chi connectivity index (χ1n) is 19.3. The van der Waals surface area contributed by atoms with Gasteiger partial charge in [-0.15, -0.1) is 11.3 Å². The van der Waals surface area contributed by atoms with Gasteiger partial charge in [-0.3, -0.25) is 4.40 Å². The van der Waals surface area contributed by atoms with Crippen molar-refractivity contribution in [2.75, 3.05) is 4.90 Å². The van der Waals surface area contributed by atoms with Gasteiger partial charge in [0.15, 0.2) is 0 Å². The lowest BCUT2D eigenvalue weighted by atomic mass is 9.82. The molecule has 0 spiro atoms. The van der Waals surface area contributed by atoms with E-state index in [2.05, 4.69) is 217 Å². The van der Waals surface area contributed by atoms with E-state index in [1.54, 1.807) is 0 Å². The highest BCUT2D eigenvalue weighted by atomic mass is 32.1. The summed E-state index contributed by atoms with van der Waals surface area (Å²) in [7, 11) is 0. The van der Waals surface area contributed by atoms with Crippen molar-refractivity contribution >= 4 is 54.3 Å². The highest BCUT2D eigenvalue weighted by Crippen LogP contribution is 2.51. The Bertz CT molecular complexity index is 3080. The summed E-state index contributed by atoms with van der Waals surface area (Å²) in [4.78, 5) is 3.68. The molecule has 2 nitrogen and oxygen atoms in total. The van der Waals surface area contributed by atoms with E-state index in [1.807, 2.05) is 11.3 Å². The number of benzene rings is 8. The van der Waals surface area contributed by atoms with Crippen molar-refractivity contribution < 1.29 is 0 Å². The molecule has 0 N–H and O–H groups in total. The predicted molar refractivity (Wildman–Crippen MR) is 239 cm³/mol. The average molecular weight is 735 g/mol. The van der Waals surface area contributed by atoms with Gasteiger partial charge < -0.3 is 4.90 Å². The van der Waals surface area contributed by atoms with E-state index < -0.39 is 0 Å². The van der Waals surface area contributed by atoms with E-state index >= 15 is 0 Å². The summed E-state index contributed by atoms with van der Waals surface area (Å²) >= 11 is 1.87. The van der Waals surface area contributed by atoms with E-state index in [-0.39, 0.29) is 5.41 Å². The fourth-order valence-electron chi connectivity index (χ4n) is 9.01. The highest BCUT2D eigenvalue weighted by Gasteiger charge is 2.35. The van der Waals surface area contributed by atoms with E-state index in [4.69, 9.17) is 0 Å². The Morgan fingerprint density at radius 3 is 1.71 bits per heavy atom. The second-order valence-corrected chi connectivity index (χ2v) is 16.4. The molecule has 0 amide bonds. The number of rotatable bonds is 6. The number of thiazole rings is 1. The first-order chi connectivity index (χ1) is 27.5. The van der Waals surface area contributed by atoms with Gasteiger partial charge in [0, 0.05) is 33.4 Å².